The van der Waals surface area contributed by atoms with Crippen LogP contribution in [0, 0.1) is 0 Å². The molecule has 1 atom stereocenters. The van der Waals surface area contributed by atoms with Crippen molar-refractivity contribution in [2.75, 3.05) is 20.3 Å². The molecular formula is C15H21N3O. The van der Waals surface area contributed by atoms with E-state index in [9.17, 15) is 0 Å². The predicted octanol–water partition coefficient (Wildman–Crippen LogP) is 1.94. The van der Waals surface area contributed by atoms with E-state index in [0.717, 1.165) is 18.8 Å². The normalized spacial score (nSPS) is 12.5. The van der Waals surface area contributed by atoms with Gasteiger partial charge >= 0.3 is 0 Å². The van der Waals surface area contributed by atoms with Crippen molar-refractivity contribution < 1.29 is 4.74 Å². The first-order valence-corrected chi connectivity index (χ1v) is 6.54. The molecular weight excluding hydrogens is 238 g/mol. The van der Waals surface area contributed by atoms with Gasteiger partial charge in [-0.1, -0.05) is 30.3 Å². The van der Waals surface area contributed by atoms with E-state index in [1.165, 1.54) is 5.56 Å². The Kier molecular flexibility index (Phi) is 5.12. The molecule has 0 spiro atoms. The molecule has 1 N–H and O–H groups in total. The summed E-state index contributed by atoms with van der Waals surface area (Å²) in [6, 6.07) is 10.6. The molecule has 0 aliphatic heterocycles. The number of hydrogen-bond acceptors (Lipinski definition) is 3. The van der Waals surface area contributed by atoms with Crippen LogP contribution in [-0.4, -0.2) is 29.8 Å². The summed E-state index contributed by atoms with van der Waals surface area (Å²) in [6.45, 7) is 1.55. The number of ether oxygens (including phenoxy) is 1. The second-order valence-electron chi connectivity index (χ2n) is 4.58. The maximum absolute atomic E-state index is 5.29. The average Bonchev–Trinajstić information content (AvgIpc) is 2.84. The summed E-state index contributed by atoms with van der Waals surface area (Å²) in [5.41, 5.74) is 1.25. The van der Waals surface area contributed by atoms with E-state index in [0.29, 0.717) is 6.61 Å². The number of rotatable bonds is 7. The molecule has 1 aromatic heterocycles. The smallest absolute Gasteiger partial charge is 0.109 e. The van der Waals surface area contributed by atoms with Gasteiger partial charge < -0.3 is 14.6 Å². The number of aryl methyl sites for hydroxylation is 1. The number of benzene rings is 1. The second kappa shape index (κ2) is 7.07. The molecule has 0 amide bonds. The van der Waals surface area contributed by atoms with Crippen LogP contribution in [0.1, 0.15) is 17.4 Å². The van der Waals surface area contributed by atoms with Crippen LogP contribution in [0.15, 0.2) is 42.7 Å². The fraction of sp³-hybridized carbons (Fsp3) is 0.400. The third-order valence-corrected chi connectivity index (χ3v) is 3.20. The van der Waals surface area contributed by atoms with E-state index in [1.54, 1.807) is 7.11 Å². The molecule has 1 heterocycles. The maximum Gasteiger partial charge on any atom is 0.109 e. The molecule has 0 aliphatic rings. The Labute approximate surface area is 114 Å². The van der Waals surface area contributed by atoms with Crippen molar-refractivity contribution >= 4 is 0 Å². The molecule has 0 fully saturated rings. The summed E-state index contributed by atoms with van der Waals surface area (Å²) in [6.07, 6.45) is 4.72. The Morgan fingerprint density at radius 3 is 2.74 bits per heavy atom. The zero-order valence-corrected chi connectivity index (χ0v) is 11.5. The fourth-order valence-corrected chi connectivity index (χ4v) is 2.12. The molecule has 4 nitrogen and oxygen atoms in total. The summed E-state index contributed by atoms with van der Waals surface area (Å²) in [5, 5.41) is 3.52. The zero-order chi connectivity index (χ0) is 13.5. The van der Waals surface area contributed by atoms with Crippen molar-refractivity contribution in [3.05, 3.63) is 54.1 Å². The van der Waals surface area contributed by atoms with Gasteiger partial charge in [-0.3, -0.25) is 0 Å². The highest BCUT2D eigenvalue weighted by molar-refractivity contribution is 5.19. The Hall–Kier alpha value is -1.65. The van der Waals surface area contributed by atoms with E-state index in [4.69, 9.17) is 4.74 Å². The molecule has 0 bridgehead atoms. The number of nitrogens with one attached hydrogen (secondary N) is 1. The quantitative estimate of drug-likeness (QED) is 0.826. The minimum atomic E-state index is 0.228. The highest BCUT2D eigenvalue weighted by atomic mass is 16.5. The topological polar surface area (TPSA) is 39.1 Å². The number of aromatic nitrogens is 2. The van der Waals surface area contributed by atoms with Crippen molar-refractivity contribution in [1.29, 1.82) is 0 Å². The van der Waals surface area contributed by atoms with Crippen molar-refractivity contribution in [2.45, 2.75) is 12.5 Å². The van der Waals surface area contributed by atoms with Crippen LogP contribution in [0.25, 0.3) is 0 Å². The molecule has 19 heavy (non-hydrogen) atoms. The van der Waals surface area contributed by atoms with Crippen LogP contribution in [-0.2, 0) is 18.2 Å². The monoisotopic (exact) mass is 259 g/mol. The van der Waals surface area contributed by atoms with Gasteiger partial charge in [0, 0.05) is 39.5 Å². The Morgan fingerprint density at radius 2 is 2.11 bits per heavy atom. The van der Waals surface area contributed by atoms with Crippen LogP contribution in [0.5, 0.6) is 0 Å². The van der Waals surface area contributed by atoms with E-state index in [1.807, 2.05) is 25.5 Å². The van der Waals surface area contributed by atoms with Gasteiger partial charge in [-0.2, -0.15) is 0 Å². The Bertz CT molecular complexity index is 481. The van der Waals surface area contributed by atoms with Crippen LogP contribution < -0.4 is 5.32 Å². The van der Waals surface area contributed by atoms with Gasteiger partial charge in [0.25, 0.3) is 0 Å². The lowest BCUT2D eigenvalue weighted by Crippen LogP contribution is -2.27. The minimum Gasteiger partial charge on any atom is -0.383 e. The molecule has 0 saturated heterocycles. The molecule has 0 radical (unpaired) electrons. The van der Waals surface area contributed by atoms with Gasteiger partial charge in [-0.05, 0) is 5.56 Å². The molecule has 2 aromatic rings. The fourth-order valence-electron chi connectivity index (χ4n) is 2.12. The third-order valence-electron chi connectivity index (χ3n) is 3.20. The summed E-state index contributed by atoms with van der Waals surface area (Å²) >= 11 is 0. The van der Waals surface area contributed by atoms with E-state index >= 15 is 0 Å². The third kappa shape index (κ3) is 3.91. The van der Waals surface area contributed by atoms with Crippen LogP contribution in [0.2, 0.25) is 0 Å². The van der Waals surface area contributed by atoms with Gasteiger partial charge in [0.1, 0.15) is 5.82 Å². The molecule has 2 rings (SSSR count). The second-order valence-corrected chi connectivity index (χ2v) is 4.58. The summed E-state index contributed by atoms with van der Waals surface area (Å²) < 4.78 is 7.34. The lowest BCUT2D eigenvalue weighted by Gasteiger charge is -2.18. The summed E-state index contributed by atoms with van der Waals surface area (Å²) in [5.74, 6) is 1.09. The number of methoxy groups -OCH3 is 1. The first kappa shape index (κ1) is 13.8. The molecule has 0 saturated carbocycles. The molecule has 1 aromatic carbocycles. The minimum absolute atomic E-state index is 0.228. The predicted molar refractivity (Wildman–Crippen MR) is 76.0 cm³/mol. The largest absolute Gasteiger partial charge is 0.383 e. The van der Waals surface area contributed by atoms with Crippen molar-refractivity contribution in [2.24, 2.45) is 7.05 Å². The zero-order valence-electron chi connectivity index (χ0n) is 11.5. The van der Waals surface area contributed by atoms with Gasteiger partial charge in [0.05, 0.1) is 12.6 Å². The van der Waals surface area contributed by atoms with E-state index in [-0.39, 0.29) is 6.04 Å². The van der Waals surface area contributed by atoms with E-state index < -0.39 is 0 Å². The number of nitrogens with zero attached hydrogens (tertiary/aromatic N) is 2. The van der Waals surface area contributed by atoms with Crippen molar-refractivity contribution in [3.8, 4) is 0 Å². The van der Waals surface area contributed by atoms with Crippen molar-refractivity contribution in [1.82, 2.24) is 14.9 Å². The highest BCUT2D eigenvalue weighted by Crippen LogP contribution is 2.12. The van der Waals surface area contributed by atoms with Gasteiger partial charge in [0.15, 0.2) is 0 Å². The number of hydrogen-bond donors (Lipinski definition) is 1. The first-order valence-electron chi connectivity index (χ1n) is 6.54. The van der Waals surface area contributed by atoms with Crippen molar-refractivity contribution in [3.63, 3.8) is 0 Å². The SMILES string of the molecule is COCC(NCCc1nccn1C)c1ccccc1. The first-order chi connectivity index (χ1) is 9.31. The summed E-state index contributed by atoms with van der Waals surface area (Å²) in [7, 11) is 3.75. The lowest BCUT2D eigenvalue weighted by atomic mass is 10.1. The van der Waals surface area contributed by atoms with Gasteiger partial charge in [-0.15, -0.1) is 0 Å². The summed E-state index contributed by atoms with van der Waals surface area (Å²) in [4.78, 5) is 4.32. The molecule has 1 unspecified atom stereocenters. The van der Waals surface area contributed by atoms with Crippen LogP contribution in [0.3, 0.4) is 0 Å². The van der Waals surface area contributed by atoms with Crippen LogP contribution >= 0.6 is 0 Å². The van der Waals surface area contributed by atoms with Crippen LogP contribution in [0.4, 0.5) is 0 Å². The maximum atomic E-state index is 5.29. The number of imidazole rings is 1. The standard InChI is InChI=1S/C15H21N3O/c1-18-11-10-17-15(18)8-9-16-14(12-19-2)13-6-4-3-5-7-13/h3-7,10-11,14,16H,8-9,12H2,1-2H3. The molecule has 102 valence electrons. The van der Waals surface area contributed by atoms with E-state index in [2.05, 4.69) is 39.1 Å². The lowest BCUT2D eigenvalue weighted by molar-refractivity contribution is 0.167. The van der Waals surface area contributed by atoms with Gasteiger partial charge in [0.2, 0.25) is 0 Å². The molecule has 0 aliphatic carbocycles. The average molecular weight is 259 g/mol. The molecule has 4 heteroatoms. The highest BCUT2D eigenvalue weighted by Gasteiger charge is 2.10. The Morgan fingerprint density at radius 1 is 1.32 bits per heavy atom. The Balaban J connectivity index is 1.89. The van der Waals surface area contributed by atoms with Gasteiger partial charge in [-0.25, -0.2) is 4.98 Å².